The van der Waals surface area contributed by atoms with E-state index in [4.69, 9.17) is 0 Å². The quantitative estimate of drug-likeness (QED) is 0.717. The van der Waals surface area contributed by atoms with Crippen molar-refractivity contribution >= 4 is 0 Å². The second kappa shape index (κ2) is 7.38. The third kappa shape index (κ3) is 7.77. The highest BCUT2D eigenvalue weighted by atomic mass is 15.1. The molecular weight excluding hydrogens is 208 g/mol. The van der Waals surface area contributed by atoms with Crippen molar-refractivity contribution in [3.8, 4) is 0 Å². The van der Waals surface area contributed by atoms with Gasteiger partial charge in [0.1, 0.15) is 0 Å². The van der Waals surface area contributed by atoms with Gasteiger partial charge in [-0.1, -0.05) is 40.0 Å². The number of rotatable bonds is 6. The molecule has 2 nitrogen and oxygen atoms in total. The number of nitrogens with one attached hydrogen (secondary N) is 1. The van der Waals surface area contributed by atoms with E-state index in [0.29, 0.717) is 5.41 Å². The molecule has 0 aromatic heterocycles. The Kier molecular flexibility index (Phi) is 6.50. The van der Waals surface area contributed by atoms with Crippen LogP contribution < -0.4 is 5.32 Å². The van der Waals surface area contributed by atoms with Crippen LogP contribution in [-0.4, -0.2) is 37.6 Å². The molecular formula is C15H32N2. The van der Waals surface area contributed by atoms with Crippen molar-refractivity contribution in [3.05, 3.63) is 0 Å². The Bertz CT molecular complexity index is 190. The molecule has 102 valence electrons. The van der Waals surface area contributed by atoms with E-state index < -0.39 is 0 Å². The lowest BCUT2D eigenvalue weighted by Crippen LogP contribution is -2.35. The summed E-state index contributed by atoms with van der Waals surface area (Å²) < 4.78 is 0. The average Bonchev–Trinajstić information content (AvgIpc) is 2.23. The molecule has 0 bridgehead atoms. The molecule has 0 heterocycles. The fourth-order valence-electron chi connectivity index (χ4n) is 2.85. The van der Waals surface area contributed by atoms with Crippen LogP contribution in [0.3, 0.4) is 0 Å². The molecule has 0 spiro atoms. The highest BCUT2D eigenvalue weighted by Crippen LogP contribution is 2.17. The van der Waals surface area contributed by atoms with Crippen molar-refractivity contribution in [1.82, 2.24) is 10.2 Å². The first-order valence-corrected chi connectivity index (χ1v) is 7.39. The van der Waals surface area contributed by atoms with Crippen LogP contribution in [0.1, 0.15) is 59.3 Å². The van der Waals surface area contributed by atoms with Gasteiger partial charge in [0.25, 0.3) is 0 Å². The van der Waals surface area contributed by atoms with E-state index in [9.17, 15) is 0 Å². The Morgan fingerprint density at radius 2 is 1.76 bits per heavy atom. The van der Waals surface area contributed by atoms with Gasteiger partial charge in [0.15, 0.2) is 0 Å². The summed E-state index contributed by atoms with van der Waals surface area (Å²) in [5.74, 6) is 0. The molecule has 0 aliphatic heterocycles. The van der Waals surface area contributed by atoms with Gasteiger partial charge in [-0.05, 0) is 44.8 Å². The summed E-state index contributed by atoms with van der Waals surface area (Å²) >= 11 is 0. The van der Waals surface area contributed by atoms with Crippen molar-refractivity contribution < 1.29 is 0 Å². The third-order valence-electron chi connectivity index (χ3n) is 3.50. The third-order valence-corrected chi connectivity index (χ3v) is 3.50. The summed E-state index contributed by atoms with van der Waals surface area (Å²) in [6.07, 6.45) is 8.40. The molecule has 0 saturated heterocycles. The normalized spacial score (nSPS) is 18.9. The Labute approximate surface area is 108 Å². The van der Waals surface area contributed by atoms with E-state index in [-0.39, 0.29) is 0 Å². The SMILES string of the molecule is CN(CCCNC1CCCCC1)CC(C)(C)C. The van der Waals surface area contributed by atoms with E-state index in [1.165, 1.54) is 58.2 Å². The maximum Gasteiger partial charge on any atom is 0.00670 e. The van der Waals surface area contributed by atoms with Gasteiger partial charge < -0.3 is 10.2 Å². The predicted octanol–water partition coefficient (Wildman–Crippen LogP) is 3.28. The van der Waals surface area contributed by atoms with Crippen molar-refractivity contribution in [2.24, 2.45) is 5.41 Å². The second-order valence-corrected chi connectivity index (χ2v) is 6.94. The Morgan fingerprint density at radius 1 is 1.12 bits per heavy atom. The van der Waals surface area contributed by atoms with Crippen LogP contribution in [0.4, 0.5) is 0 Å². The summed E-state index contributed by atoms with van der Waals surface area (Å²) in [5, 5.41) is 3.71. The molecule has 0 unspecified atom stereocenters. The van der Waals surface area contributed by atoms with Gasteiger partial charge in [-0.15, -0.1) is 0 Å². The zero-order chi connectivity index (χ0) is 12.7. The smallest absolute Gasteiger partial charge is 0.00670 e. The van der Waals surface area contributed by atoms with E-state index in [1.54, 1.807) is 0 Å². The molecule has 0 aromatic carbocycles. The van der Waals surface area contributed by atoms with Crippen molar-refractivity contribution in [2.45, 2.75) is 65.3 Å². The van der Waals surface area contributed by atoms with Crippen LogP contribution in [0.25, 0.3) is 0 Å². The first-order valence-electron chi connectivity index (χ1n) is 7.39. The maximum atomic E-state index is 3.71. The highest BCUT2D eigenvalue weighted by molar-refractivity contribution is 4.72. The largest absolute Gasteiger partial charge is 0.314 e. The molecule has 1 N–H and O–H groups in total. The van der Waals surface area contributed by atoms with Crippen LogP contribution in [0.5, 0.6) is 0 Å². The van der Waals surface area contributed by atoms with E-state index in [1.807, 2.05) is 0 Å². The molecule has 17 heavy (non-hydrogen) atoms. The monoisotopic (exact) mass is 240 g/mol. The van der Waals surface area contributed by atoms with Crippen LogP contribution in [0, 0.1) is 5.41 Å². The standard InChI is InChI=1S/C15H32N2/c1-15(2,3)13-17(4)12-8-11-16-14-9-6-5-7-10-14/h14,16H,5-13H2,1-4H3. The van der Waals surface area contributed by atoms with Gasteiger partial charge in [0.05, 0.1) is 0 Å². The molecule has 1 aliphatic carbocycles. The molecule has 0 amide bonds. The minimum atomic E-state index is 0.422. The van der Waals surface area contributed by atoms with Gasteiger partial charge >= 0.3 is 0 Å². The fourth-order valence-corrected chi connectivity index (χ4v) is 2.85. The van der Waals surface area contributed by atoms with Crippen molar-refractivity contribution in [2.75, 3.05) is 26.7 Å². The highest BCUT2D eigenvalue weighted by Gasteiger charge is 2.14. The van der Waals surface area contributed by atoms with E-state index in [2.05, 4.69) is 38.0 Å². The summed E-state index contributed by atoms with van der Waals surface area (Å²) in [4.78, 5) is 2.46. The predicted molar refractivity (Wildman–Crippen MR) is 76.4 cm³/mol. The second-order valence-electron chi connectivity index (χ2n) is 6.94. The lowest BCUT2D eigenvalue weighted by atomic mass is 9.95. The van der Waals surface area contributed by atoms with Crippen LogP contribution in [0.2, 0.25) is 0 Å². The van der Waals surface area contributed by atoms with Crippen LogP contribution >= 0.6 is 0 Å². The summed E-state index contributed by atoms with van der Waals surface area (Å²) in [7, 11) is 2.24. The average molecular weight is 240 g/mol. The molecule has 1 aliphatic rings. The number of hydrogen-bond acceptors (Lipinski definition) is 2. The summed E-state index contributed by atoms with van der Waals surface area (Å²) in [6, 6.07) is 0.816. The zero-order valence-electron chi connectivity index (χ0n) is 12.4. The fraction of sp³-hybridized carbons (Fsp3) is 1.00. The Balaban J connectivity index is 1.99. The maximum absolute atomic E-state index is 3.71. The van der Waals surface area contributed by atoms with Gasteiger partial charge in [-0.25, -0.2) is 0 Å². The first kappa shape index (κ1) is 15.0. The molecule has 2 heteroatoms. The number of hydrogen-bond donors (Lipinski definition) is 1. The number of nitrogens with zero attached hydrogens (tertiary/aromatic N) is 1. The van der Waals surface area contributed by atoms with Gasteiger partial charge in [0.2, 0.25) is 0 Å². The topological polar surface area (TPSA) is 15.3 Å². The lowest BCUT2D eigenvalue weighted by molar-refractivity contribution is 0.223. The Hall–Kier alpha value is -0.0800. The summed E-state index contributed by atoms with van der Waals surface area (Å²) in [5.41, 5.74) is 0.422. The van der Waals surface area contributed by atoms with Crippen molar-refractivity contribution in [1.29, 1.82) is 0 Å². The molecule has 0 radical (unpaired) electrons. The Morgan fingerprint density at radius 3 is 2.35 bits per heavy atom. The first-order chi connectivity index (χ1) is 7.97. The molecule has 1 saturated carbocycles. The van der Waals surface area contributed by atoms with Gasteiger partial charge in [-0.2, -0.15) is 0 Å². The zero-order valence-corrected chi connectivity index (χ0v) is 12.4. The molecule has 0 atom stereocenters. The molecule has 1 rings (SSSR count). The van der Waals surface area contributed by atoms with Crippen LogP contribution in [-0.2, 0) is 0 Å². The summed E-state index contributed by atoms with van der Waals surface area (Å²) in [6.45, 7) is 10.5. The van der Waals surface area contributed by atoms with Crippen LogP contribution in [0.15, 0.2) is 0 Å². The minimum Gasteiger partial charge on any atom is -0.314 e. The van der Waals surface area contributed by atoms with E-state index >= 15 is 0 Å². The van der Waals surface area contributed by atoms with Gasteiger partial charge in [0, 0.05) is 12.6 Å². The van der Waals surface area contributed by atoms with Crippen molar-refractivity contribution in [3.63, 3.8) is 0 Å². The van der Waals surface area contributed by atoms with E-state index in [0.717, 1.165) is 6.04 Å². The molecule has 0 aromatic rings. The van der Waals surface area contributed by atoms with Gasteiger partial charge in [-0.3, -0.25) is 0 Å². The minimum absolute atomic E-state index is 0.422. The lowest BCUT2D eigenvalue weighted by Gasteiger charge is -2.27. The molecule has 1 fully saturated rings.